The van der Waals surface area contributed by atoms with Gasteiger partial charge in [0.05, 0.1) is 6.61 Å². The van der Waals surface area contributed by atoms with Gasteiger partial charge in [0.2, 0.25) is 0 Å². The van der Waals surface area contributed by atoms with Crippen molar-refractivity contribution in [2.75, 3.05) is 18.5 Å². The average molecular weight is 446 g/mol. The second-order valence-corrected chi connectivity index (χ2v) is 7.21. The molecule has 0 saturated heterocycles. The number of para-hydroxylation sites is 1. The second-order valence-electron chi connectivity index (χ2n) is 5.89. The van der Waals surface area contributed by atoms with Crippen molar-refractivity contribution in [3.8, 4) is 0 Å². The highest BCUT2D eigenvalue weighted by molar-refractivity contribution is 9.10. The van der Waals surface area contributed by atoms with Gasteiger partial charge in [-0.2, -0.15) is 0 Å². The maximum Gasteiger partial charge on any atom is 0.355 e. The van der Waals surface area contributed by atoms with Gasteiger partial charge in [-0.15, -0.1) is 0 Å². The summed E-state index contributed by atoms with van der Waals surface area (Å²) in [4.78, 5) is 15.5. The summed E-state index contributed by atoms with van der Waals surface area (Å²) in [5, 5.41) is 7.87. The molecule has 0 spiro atoms. The second kappa shape index (κ2) is 9.01. The number of nitrogens with one attached hydrogen (secondary N) is 3. The van der Waals surface area contributed by atoms with Crippen LogP contribution in [-0.4, -0.2) is 29.2 Å². The number of carbonyl (C=O) groups excluding carboxylic acids is 1. The van der Waals surface area contributed by atoms with Gasteiger partial charge in [-0.3, -0.25) is 0 Å². The molecule has 1 heterocycles. The summed E-state index contributed by atoms with van der Waals surface area (Å²) in [6.07, 6.45) is 0.626. The van der Waals surface area contributed by atoms with E-state index in [2.05, 4.69) is 31.5 Å². The summed E-state index contributed by atoms with van der Waals surface area (Å²) in [5.41, 5.74) is 3.24. The molecular weight excluding hydrogens is 426 g/mol. The topological polar surface area (TPSA) is 66.2 Å². The van der Waals surface area contributed by atoms with Gasteiger partial charge >= 0.3 is 5.97 Å². The van der Waals surface area contributed by atoms with Gasteiger partial charge < -0.3 is 20.4 Å². The number of anilines is 1. The lowest BCUT2D eigenvalue weighted by Crippen LogP contribution is -2.30. The van der Waals surface area contributed by atoms with E-state index in [0.717, 1.165) is 26.6 Å². The standard InChI is InChI=1S/C20H20BrN3O2S/c1-2-26-19(25)18-15(16-12-13(21)8-9-17(16)24-18)10-11-22-20(27)23-14-6-4-3-5-7-14/h3-9,12,24H,2,10-11H2,1H3,(H2,22,23,27). The van der Waals surface area contributed by atoms with Crippen LogP contribution in [0.4, 0.5) is 5.69 Å². The van der Waals surface area contributed by atoms with Crippen LogP contribution in [0.1, 0.15) is 23.0 Å². The number of aromatic nitrogens is 1. The Balaban J connectivity index is 1.73. The summed E-state index contributed by atoms with van der Waals surface area (Å²) in [6, 6.07) is 15.6. The first-order valence-electron chi connectivity index (χ1n) is 8.65. The van der Waals surface area contributed by atoms with Crippen LogP contribution in [0.25, 0.3) is 10.9 Å². The van der Waals surface area contributed by atoms with Crippen LogP contribution in [0.2, 0.25) is 0 Å². The van der Waals surface area contributed by atoms with Gasteiger partial charge in [0, 0.05) is 27.6 Å². The zero-order chi connectivity index (χ0) is 19.2. The predicted molar refractivity (Wildman–Crippen MR) is 116 cm³/mol. The van der Waals surface area contributed by atoms with Crippen molar-refractivity contribution in [2.24, 2.45) is 0 Å². The van der Waals surface area contributed by atoms with Gasteiger partial charge in [0.15, 0.2) is 5.11 Å². The Morgan fingerprint density at radius 1 is 1.22 bits per heavy atom. The van der Waals surface area contributed by atoms with Crippen molar-refractivity contribution in [3.63, 3.8) is 0 Å². The van der Waals surface area contributed by atoms with Gasteiger partial charge in [-0.05, 0) is 61.5 Å². The van der Waals surface area contributed by atoms with Gasteiger partial charge in [-0.25, -0.2) is 4.79 Å². The highest BCUT2D eigenvalue weighted by atomic mass is 79.9. The van der Waals surface area contributed by atoms with E-state index >= 15 is 0 Å². The van der Waals surface area contributed by atoms with Crippen LogP contribution in [0.5, 0.6) is 0 Å². The van der Waals surface area contributed by atoms with E-state index in [9.17, 15) is 4.79 Å². The van der Waals surface area contributed by atoms with Crippen molar-refractivity contribution < 1.29 is 9.53 Å². The molecule has 5 nitrogen and oxygen atoms in total. The Kier molecular flexibility index (Phi) is 6.47. The van der Waals surface area contributed by atoms with Gasteiger partial charge in [-0.1, -0.05) is 34.1 Å². The highest BCUT2D eigenvalue weighted by Crippen LogP contribution is 2.27. The number of thiocarbonyl (C=S) groups is 1. The number of benzene rings is 2. The molecule has 0 aliphatic carbocycles. The molecule has 0 amide bonds. The number of rotatable bonds is 6. The summed E-state index contributed by atoms with van der Waals surface area (Å²) < 4.78 is 6.15. The molecule has 0 atom stereocenters. The molecule has 3 aromatic rings. The molecule has 140 valence electrons. The maximum absolute atomic E-state index is 12.3. The van der Waals surface area contributed by atoms with Gasteiger partial charge in [0.25, 0.3) is 0 Å². The van der Waals surface area contributed by atoms with Gasteiger partial charge in [0.1, 0.15) is 5.69 Å². The molecule has 0 saturated carbocycles. The fraction of sp³-hybridized carbons (Fsp3) is 0.200. The summed E-state index contributed by atoms with van der Waals surface area (Å²) in [7, 11) is 0. The number of ether oxygens (including phenoxy) is 1. The Bertz CT molecular complexity index is 957. The smallest absolute Gasteiger partial charge is 0.355 e. The first-order chi connectivity index (χ1) is 13.1. The largest absolute Gasteiger partial charge is 0.461 e. The molecule has 0 bridgehead atoms. The number of aromatic amines is 1. The number of H-pyrrole nitrogens is 1. The van der Waals surface area contributed by atoms with Crippen LogP contribution in [0, 0.1) is 0 Å². The minimum absolute atomic E-state index is 0.334. The number of esters is 1. The molecule has 7 heteroatoms. The highest BCUT2D eigenvalue weighted by Gasteiger charge is 2.18. The van der Waals surface area contributed by atoms with E-state index in [1.54, 1.807) is 6.92 Å². The van der Waals surface area contributed by atoms with E-state index in [1.165, 1.54) is 0 Å². The molecular formula is C20H20BrN3O2S. The molecule has 0 fully saturated rings. The summed E-state index contributed by atoms with van der Waals surface area (Å²) in [5.74, 6) is -0.343. The Morgan fingerprint density at radius 2 is 2.00 bits per heavy atom. The number of hydrogen-bond acceptors (Lipinski definition) is 3. The van der Waals surface area contributed by atoms with Crippen molar-refractivity contribution in [2.45, 2.75) is 13.3 Å². The summed E-state index contributed by atoms with van der Waals surface area (Å²) >= 11 is 8.84. The van der Waals surface area contributed by atoms with E-state index < -0.39 is 0 Å². The molecule has 0 unspecified atom stereocenters. The first kappa shape index (κ1) is 19.4. The average Bonchev–Trinajstić information content (AvgIpc) is 3.01. The predicted octanol–water partition coefficient (Wildman–Crippen LogP) is 4.64. The molecule has 1 aromatic heterocycles. The minimum atomic E-state index is -0.343. The first-order valence-corrected chi connectivity index (χ1v) is 9.85. The molecule has 2 aromatic carbocycles. The SMILES string of the molecule is CCOC(=O)c1[nH]c2ccc(Br)cc2c1CCNC(=S)Nc1ccccc1. The Morgan fingerprint density at radius 3 is 2.74 bits per heavy atom. The lowest BCUT2D eigenvalue weighted by atomic mass is 10.1. The van der Waals surface area contributed by atoms with Crippen LogP contribution < -0.4 is 10.6 Å². The number of carbonyl (C=O) groups is 1. The van der Waals surface area contributed by atoms with E-state index in [4.69, 9.17) is 17.0 Å². The Labute approximate surface area is 171 Å². The monoisotopic (exact) mass is 445 g/mol. The fourth-order valence-electron chi connectivity index (χ4n) is 2.85. The third kappa shape index (κ3) is 4.87. The minimum Gasteiger partial charge on any atom is -0.461 e. The van der Waals surface area contributed by atoms with Crippen molar-refractivity contribution in [1.82, 2.24) is 10.3 Å². The molecule has 3 rings (SSSR count). The van der Waals surface area contributed by atoms with Crippen LogP contribution in [0.15, 0.2) is 53.0 Å². The molecule has 0 radical (unpaired) electrons. The van der Waals surface area contributed by atoms with E-state index in [1.807, 2.05) is 48.5 Å². The van der Waals surface area contributed by atoms with E-state index in [0.29, 0.717) is 30.4 Å². The van der Waals surface area contributed by atoms with Crippen LogP contribution in [-0.2, 0) is 11.2 Å². The third-order valence-electron chi connectivity index (χ3n) is 4.04. The van der Waals surface area contributed by atoms with Crippen molar-refractivity contribution in [3.05, 3.63) is 64.3 Å². The molecule has 27 heavy (non-hydrogen) atoms. The third-order valence-corrected chi connectivity index (χ3v) is 4.78. The number of hydrogen-bond donors (Lipinski definition) is 3. The zero-order valence-electron chi connectivity index (χ0n) is 14.8. The quantitative estimate of drug-likeness (QED) is 0.381. The number of fused-ring (bicyclic) bond motifs is 1. The lowest BCUT2D eigenvalue weighted by Gasteiger charge is -2.11. The Hall–Kier alpha value is -2.38. The van der Waals surface area contributed by atoms with E-state index in [-0.39, 0.29) is 5.97 Å². The normalized spacial score (nSPS) is 10.6. The lowest BCUT2D eigenvalue weighted by molar-refractivity contribution is 0.0519. The van der Waals surface area contributed by atoms with Crippen molar-refractivity contribution >= 4 is 55.8 Å². The fourth-order valence-corrected chi connectivity index (χ4v) is 3.44. The summed E-state index contributed by atoms with van der Waals surface area (Å²) in [6.45, 7) is 2.72. The molecule has 3 N–H and O–H groups in total. The molecule has 0 aliphatic heterocycles. The molecule has 0 aliphatic rings. The van der Waals surface area contributed by atoms with Crippen molar-refractivity contribution in [1.29, 1.82) is 0 Å². The van der Waals surface area contributed by atoms with Crippen LogP contribution in [0.3, 0.4) is 0 Å². The number of halogens is 1. The zero-order valence-corrected chi connectivity index (χ0v) is 17.2. The van der Waals surface area contributed by atoms with Crippen LogP contribution >= 0.6 is 28.1 Å². The maximum atomic E-state index is 12.3.